The number of hydrogen-bond donors (Lipinski definition) is 0. The molecule has 2 atom stereocenters. The van der Waals surface area contributed by atoms with E-state index < -0.39 is 0 Å². The zero-order valence-electron chi connectivity index (χ0n) is 13.2. The zero-order chi connectivity index (χ0) is 14.9. The lowest BCUT2D eigenvalue weighted by atomic mass is 10.0. The van der Waals surface area contributed by atoms with E-state index >= 15 is 0 Å². The van der Waals surface area contributed by atoms with Crippen LogP contribution in [-0.4, -0.2) is 44.5 Å². The van der Waals surface area contributed by atoms with Crippen molar-refractivity contribution in [2.45, 2.75) is 38.3 Å². The Morgan fingerprint density at radius 1 is 1.32 bits per heavy atom. The number of fused-ring (bicyclic) bond motifs is 1. The zero-order valence-corrected chi connectivity index (χ0v) is 14.1. The molecule has 22 heavy (non-hydrogen) atoms. The minimum Gasteiger partial charge on any atom is -0.311 e. The third-order valence-corrected chi connectivity index (χ3v) is 6.30. The molecular weight excluding hydrogens is 292 g/mol. The molecule has 118 valence electrons. The smallest absolute Gasteiger partial charge is 0.160 e. The fraction of sp³-hybridized carbons (Fsp3) is 0.647. The Morgan fingerprint density at radius 2 is 2.27 bits per heavy atom. The summed E-state index contributed by atoms with van der Waals surface area (Å²) in [6.07, 6.45) is 7.07. The van der Waals surface area contributed by atoms with E-state index in [1.165, 1.54) is 49.6 Å². The maximum atomic E-state index is 4.98. The predicted octanol–water partition coefficient (Wildman–Crippen LogP) is 3.34. The van der Waals surface area contributed by atoms with Crippen molar-refractivity contribution in [2.24, 2.45) is 5.92 Å². The van der Waals surface area contributed by atoms with E-state index in [2.05, 4.69) is 39.3 Å². The van der Waals surface area contributed by atoms with Crippen LogP contribution < -0.4 is 0 Å². The lowest BCUT2D eigenvalue weighted by Gasteiger charge is -2.32. The van der Waals surface area contributed by atoms with Crippen molar-refractivity contribution >= 4 is 22.9 Å². The van der Waals surface area contributed by atoms with E-state index in [0.717, 1.165) is 23.6 Å². The Balaban J connectivity index is 1.74. The first kappa shape index (κ1) is 14.5. The third kappa shape index (κ3) is 2.65. The molecule has 2 aliphatic heterocycles. The first-order valence-electron chi connectivity index (χ1n) is 8.42. The van der Waals surface area contributed by atoms with Gasteiger partial charge in [-0.15, -0.1) is 0 Å². The van der Waals surface area contributed by atoms with Gasteiger partial charge in [0.2, 0.25) is 0 Å². The SMILES string of the molecule is CN1CCCCC1c1nc2cccnc2n1CC1CCSC1. The van der Waals surface area contributed by atoms with Crippen molar-refractivity contribution in [3.05, 3.63) is 24.2 Å². The van der Waals surface area contributed by atoms with Crippen LogP contribution in [-0.2, 0) is 6.54 Å². The fourth-order valence-electron chi connectivity index (χ4n) is 3.80. The van der Waals surface area contributed by atoms with Crippen LogP contribution in [0.1, 0.15) is 37.5 Å². The molecule has 5 heteroatoms. The van der Waals surface area contributed by atoms with E-state index in [1.54, 1.807) is 0 Å². The average Bonchev–Trinajstić information content (AvgIpc) is 3.17. The third-order valence-electron chi connectivity index (χ3n) is 5.07. The van der Waals surface area contributed by atoms with Gasteiger partial charge in [0.1, 0.15) is 11.3 Å². The Kier molecular flexibility index (Phi) is 4.09. The summed E-state index contributed by atoms with van der Waals surface area (Å²) < 4.78 is 2.43. The molecule has 2 fully saturated rings. The molecule has 2 unspecified atom stereocenters. The van der Waals surface area contributed by atoms with Crippen LogP contribution in [0.5, 0.6) is 0 Å². The lowest BCUT2D eigenvalue weighted by Crippen LogP contribution is -2.32. The van der Waals surface area contributed by atoms with E-state index in [4.69, 9.17) is 4.98 Å². The van der Waals surface area contributed by atoms with Gasteiger partial charge in [0.25, 0.3) is 0 Å². The first-order valence-corrected chi connectivity index (χ1v) is 9.57. The van der Waals surface area contributed by atoms with Gasteiger partial charge < -0.3 is 4.57 Å². The van der Waals surface area contributed by atoms with Gasteiger partial charge in [0.05, 0.1) is 6.04 Å². The summed E-state index contributed by atoms with van der Waals surface area (Å²) in [6, 6.07) is 4.56. The summed E-state index contributed by atoms with van der Waals surface area (Å²) in [6.45, 7) is 2.26. The molecule has 0 amide bonds. The van der Waals surface area contributed by atoms with Gasteiger partial charge in [-0.05, 0) is 62.4 Å². The van der Waals surface area contributed by atoms with Gasteiger partial charge in [-0.2, -0.15) is 11.8 Å². The highest BCUT2D eigenvalue weighted by molar-refractivity contribution is 7.99. The van der Waals surface area contributed by atoms with Gasteiger partial charge >= 0.3 is 0 Å². The molecule has 0 saturated carbocycles. The van der Waals surface area contributed by atoms with E-state index in [9.17, 15) is 0 Å². The standard InChI is InChI=1S/C17H24N4S/c1-20-9-3-2-6-15(20)17-19-14-5-4-8-18-16(14)21(17)11-13-7-10-22-12-13/h4-5,8,13,15H,2-3,6-7,9-12H2,1H3. The quantitative estimate of drug-likeness (QED) is 0.870. The highest BCUT2D eigenvalue weighted by Crippen LogP contribution is 2.33. The second-order valence-corrected chi connectivity index (χ2v) is 7.80. The molecule has 0 N–H and O–H groups in total. The molecule has 4 nitrogen and oxygen atoms in total. The second-order valence-electron chi connectivity index (χ2n) is 6.65. The Hall–Kier alpha value is -1.07. The lowest BCUT2D eigenvalue weighted by molar-refractivity contribution is 0.175. The summed E-state index contributed by atoms with van der Waals surface area (Å²) in [4.78, 5) is 12.1. The average molecular weight is 316 g/mol. The van der Waals surface area contributed by atoms with Crippen molar-refractivity contribution in [1.29, 1.82) is 0 Å². The first-order chi connectivity index (χ1) is 10.8. The van der Waals surface area contributed by atoms with Gasteiger partial charge in [-0.3, -0.25) is 4.90 Å². The Labute approximate surface area is 136 Å². The number of pyridine rings is 1. The maximum Gasteiger partial charge on any atom is 0.160 e. The number of hydrogen-bond acceptors (Lipinski definition) is 4. The second kappa shape index (κ2) is 6.20. The summed E-state index contributed by atoms with van der Waals surface area (Å²) in [5, 5.41) is 0. The molecule has 0 aliphatic carbocycles. The van der Waals surface area contributed by atoms with Crippen molar-refractivity contribution in [1.82, 2.24) is 19.4 Å². The van der Waals surface area contributed by atoms with Crippen molar-refractivity contribution < 1.29 is 0 Å². The Bertz CT molecular complexity index is 647. The highest BCUT2D eigenvalue weighted by atomic mass is 32.2. The molecular formula is C17H24N4S. The van der Waals surface area contributed by atoms with Crippen LogP contribution in [0.3, 0.4) is 0 Å². The van der Waals surface area contributed by atoms with Crippen molar-refractivity contribution in [3.63, 3.8) is 0 Å². The van der Waals surface area contributed by atoms with E-state index in [-0.39, 0.29) is 0 Å². The van der Waals surface area contributed by atoms with Gasteiger partial charge in [-0.25, -0.2) is 9.97 Å². The largest absolute Gasteiger partial charge is 0.311 e. The van der Waals surface area contributed by atoms with Crippen molar-refractivity contribution in [2.75, 3.05) is 25.1 Å². The summed E-state index contributed by atoms with van der Waals surface area (Å²) in [5.74, 6) is 4.61. The van der Waals surface area contributed by atoms with Crippen LogP contribution in [0, 0.1) is 5.92 Å². The van der Waals surface area contributed by atoms with E-state index in [1.807, 2.05) is 12.3 Å². The monoisotopic (exact) mass is 316 g/mol. The molecule has 4 heterocycles. The van der Waals surface area contributed by atoms with Crippen LogP contribution in [0.15, 0.2) is 18.3 Å². The number of imidazole rings is 1. The van der Waals surface area contributed by atoms with Crippen LogP contribution in [0.2, 0.25) is 0 Å². The van der Waals surface area contributed by atoms with Crippen LogP contribution in [0.25, 0.3) is 11.2 Å². The van der Waals surface area contributed by atoms with Gasteiger partial charge in [-0.1, -0.05) is 6.42 Å². The summed E-state index contributed by atoms with van der Waals surface area (Å²) in [5.41, 5.74) is 2.13. The van der Waals surface area contributed by atoms with Crippen LogP contribution >= 0.6 is 11.8 Å². The predicted molar refractivity (Wildman–Crippen MR) is 92.2 cm³/mol. The minimum absolute atomic E-state index is 0.456. The normalized spacial score (nSPS) is 26.8. The van der Waals surface area contributed by atoms with Crippen molar-refractivity contribution in [3.8, 4) is 0 Å². The number of nitrogens with zero attached hydrogens (tertiary/aromatic N) is 4. The number of rotatable bonds is 3. The van der Waals surface area contributed by atoms with Crippen LogP contribution in [0.4, 0.5) is 0 Å². The molecule has 4 rings (SSSR count). The Morgan fingerprint density at radius 3 is 3.09 bits per heavy atom. The molecule has 2 saturated heterocycles. The molecule has 0 spiro atoms. The summed E-state index contributed by atoms with van der Waals surface area (Å²) >= 11 is 2.09. The highest BCUT2D eigenvalue weighted by Gasteiger charge is 2.28. The molecule has 0 radical (unpaired) electrons. The molecule has 0 aromatic carbocycles. The number of likely N-dealkylation sites (tertiary alicyclic amines) is 1. The molecule has 0 bridgehead atoms. The van der Waals surface area contributed by atoms with Gasteiger partial charge in [0, 0.05) is 12.7 Å². The number of thioether (sulfide) groups is 1. The molecule has 2 aromatic heterocycles. The molecule has 2 aromatic rings. The number of aromatic nitrogens is 3. The maximum absolute atomic E-state index is 4.98. The minimum atomic E-state index is 0.456. The number of piperidine rings is 1. The topological polar surface area (TPSA) is 34.0 Å². The molecule has 2 aliphatic rings. The fourth-order valence-corrected chi connectivity index (χ4v) is 5.07. The van der Waals surface area contributed by atoms with E-state index in [0.29, 0.717) is 6.04 Å². The summed E-state index contributed by atoms with van der Waals surface area (Å²) in [7, 11) is 2.24. The van der Waals surface area contributed by atoms with Gasteiger partial charge in [0.15, 0.2) is 5.65 Å².